The summed E-state index contributed by atoms with van der Waals surface area (Å²) in [5.74, 6) is -0.901. The molecule has 4 rings (SSSR count). The van der Waals surface area contributed by atoms with Crippen LogP contribution in [0, 0.1) is 0 Å². The molecule has 210 valence electrons. The van der Waals surface area contributed by atoms with Gasteiger partial charge in [0.05, 0.1) is 31.9 Å². The van der Waals surface area contributed by atoms with E-state index in [0.29, 0.717) is 78.1 Å². The average Bonchev–Trinajstić information content (AvgIpc) is 3.53. The maximum Gasteiger partial charge on any atom is 0.350 e. The molecule has 0 aliphatic carbocycles. The first-order valence-electron chi connectivity index (χ1n) is 12.0. The van der Waals surface area contributed by atoms with Gasteiger partial charge in [-0.05, 0) is 12.1 Å². The average molecular weight is 570 g/mol. The summed E-state index contributed by atoms with van der Waals surface area (Å²) in [6, 6.07) is 3.42. The molecule has 4 N–H and O–H groups in total. The molecule has 0 bridgehead atoms. The number of carbonyl (C=O) groups excluding carboxylic acids is 2. The van der Waals surface area contributed by atoms with Gasteiger partial charge in [0.1, 0.15) is 21.0 Å². The standard InChI is InChI=1S/C14H20N2O4S.C11H15NO4S/c1-16(2)9-15-10-8-11(21-12(10)13(17)19-3)14(18)4-6-20-7-5-14;1-15-10(13)9-7(12)6-8(17-9)11(14)2-4-16-5-3-11/h8-9,18H,4-7H2,1-3H3;6,14H,2-5,12H2,1H3. The zero-order valence-electron chi connectivity index (χ0n) is 22.0. The van der Waals surface area contributed by atoms with Crippen LogP contribution in [0.5, 0.6) is 0 Å². The fraction of sp³-hybridized carbons (Fsp3) is 0.560. The molecule has 11 nitrogen and oxygen atoms in total. The third kappa shape index (κ3) is 7.10. The predicted molar refractivity (Wildman–Crippen MR) is 145 cm³/mol. The van der Waals surface area contributed by atoms with Crippen molar-refractivity contribution >= 4 is 52.3 Å². The summed E-state index contributed by atoms with van der Waals surface area (Å²) in [6.07, 6.45) is 3.70. The van der Waals surface area contributed by atoms with E-state index in [9.17, 15) is 19.8 Å². The van der Waals surface area contributed by atoms with Gasteiger partial charge in [0.2, 0.25) is 0 Å². The quantitative estimate of drug-likeness (QED) is 0.269. The van der Waals surface area contributed by atoms with Crippen molar-refractivity contribution in [1.29, 1.82) is 0 Å². The van der Waals surface area contributed by atoms with Crippen LogP contribution in [0.1, 0.15) is 54.8 Å². The first-order valence-corrected chi connectivity index (χ1v) is 13.7. The second-order valence-corrected chi connectivity index (χ2v) is 11.3. The molecule has 13 heteroatoms. The predicted octanol–water partition coefficient (Wildman–Crippen LogP) is 2.87. The normalized spacial score (nSPS) is 18.4. The molecule has 38 heavy (non-hydrogen) atoms. The highest BCUT2D eigenvalue weighted by molar-refractivity contribution is 7.15. The summed E-state index contributed by atoms with van der Waals surface area (Å²) in [6.45, 7) is 2.06. The molecule has 0 aromatic carbocycles. The number of ether oxygens (including phenoxy) is 4. The Morgan fingerprint density at radius 3 is 1.84 bits per heavy atom. The van der Waals surface area contributed by atoms with Gasteiger partial charge < -0.3 is 39.8 Å². The molecule has 0 amide bonds. The number of nitrogens with two attached hydrogens (primary N) is 1. The van der Waals surface area contributed by atoms with E-state index in [4.69, 9.17) is 19.9 Å². The minimum Gasteiger partial charge on any atom is -0.465 e. The number of nitrogens with zero attached hydrogens (tertiary/aromatic N) is 2. The number of esters is 2. The Labute approximate surface area is 229 Å². The summed E-state index contributed by atoms with van der Waals surface area (Å²) in [5.41, 5.74) is 4.76. The lowest BCUT2D eigenvalue weighted by molar-refractivity contribution is -0.0660. The maximum atomic E-state index is 11.9. The number of methoxy groups -OCH3 is 2. The van der Waals surface area contributed by atoms with Crippen molar-refractivity contribution in [2.75, 3.05) is 60.5 Å². The number of carbonyl (C=O) groups is 2. The number of rotatable bonds is 6. The number of aliphatic hydroxyl groups is 2. The van der Waals surface area contributed by atoms with Gasteiger partial charge in [-0.15, -0.1) is 22.7 Å². The Kier molecular flexibility index (Phi) is 10.3. The van der Waals surface area contributed by atoms with E-state index in [2.05, 4.69) is 9.73 Å². The van der Waals surface area contributed by atoms with Crippen molar-refractivity contribution in [1.82, 2.24) is 4.90 Å². The third-order valence-electron chi connectivity index (χ3n) is 6.20. The van der Waals surface area contributed by atoms with Crippen LogP contribution >= 0.6 is 22.7 Å². The molecular formula is C25H35N3O8S2. The molecule has 2 aromatic heterocycles. The van der Waals surface area contributed by atoms with Gasteiger partial charge in [0.25, 0.3) is 0 Å². The maximum absolute atomic E-state index is 11.9. The molecule has 2 aromatic rings. The lowest BCUT2D eigenvalue weighted by Gasteiger charge is -2.30. The fourth-order valence-electron chi connectivity index (χ4n) is 3.92. The van der Waals surface area contributed by atoms with Crippen molar-refractivity contribution in [2.24, 2.45) is 4.99 Å². The Hall–Kier alpha value is -2.55. The first kappa shape index (κ1) is 30.0. The van der Waals surface area contributed by atoms with Crippen molar-refractivity contribution in [2.45, 2.75) is 36.9 Å². The van der Waals surface area contributed by atoms with Crippen LogP contribution in [0.2, 0.25) is 0 Å². The van der Waals surface area contributed by atoms with E-state index < -0.39 is 23.1 Å². The molecule has 0 unspecified atom stereocenters. The number of hydrogen-bond acceptors (Lipinski definition) is 12. The van der Waals surface area contributed by atoms with Crippen LogP contribution in [0.4, 0.5) is 11.4 Å². The van der Waals surface area contributed by atoms with E-state index in [0.717, 1.165) is 4.88 Å². The molecule has 2 aliphatic rings. The van der Waals surface area contributed by atoms with E-state index in [1.54, 1.807) is 23.4 Å². The summed E-state index contributed by atoms with van der Waals surface area (Å²) in [7, 11) is 6.34. The van der Waals surface area contributed by atoms with E-state index in [1.807, 2.05) is 14.1 Å². The second-order valence-electron chi connectivity index (χ2n) is 9.20. The minimum atomic E-state index is -0.947. The van der Waals surface area contributed by atoms with Gasteiger partial charge in [-0.2, -0.15) is 0 Å². The molecule has 4 heterocycles. The van der Waals surface area contributed by atoms with Gasteiger partial charge in [0, 0.05) is 76.0 Å². The summed E-state index contributed by atoms with van der Waals surface area (Å²) >= 11 is 2.43. The van der Waals surface area contributed by atoms with Crippen molar-refractivity contribution < 1.29 is 38.7 Å². The summed E-state index contributed by atoms with van der Waals surface area (Å²) in [4.78, 5) is 31.6. The van der Waals surface area contributed by atoms with Crippen LogP contribution in [-0.4, -0.2) is 88.1 Å². The number of nitrogen functional groups attached to an aromatic ring is 1. The van der Waals surface area contributed by atoms with Crippen molar-refractivity contribution in [3.63, 3.8) is 0 Å². The van der Waals surface area contributed by atoms with Crippen molar-refractivity contribution in [3.05, 3.63) is 31.6 Å². The largest absolute Gasteiger partial charge is 0.465 e. The number of anilines is 1. The topological polar surface area (TPSA) is 153 Å². The molecule has 2 fully saturated rings. The van der Waals surface area contributed by atoms with E-state index in [-0.39, 0.29) is 0 Å². The van der Waals surface area contributed by atoms with Gasteiger partial charge in [-0.25, -0.2) is 14.6 Å². The van der Waals surface area contributed by atoms with Gasteiger partial charge in [0.15, 0.2) is 0 Å². The van der Waals surface area contributed by atoms with Gasteiger partial charge in [-0.1, -0.05) is 0 Å². The minimum absolute atomic E-state index is 0.349. The SMILES string of the molecule is COC(=O)c1sc(C2(O)CCOCC2)cc1N.COC(=O)c1sc(C2(O)CCOCC2)cc1N=CN(C)C. The lowest BCUT2D eigenvalue weighted by atomic mass is 9.92. The lowest BCUT2D eigenvalue weighted by Crippen LogP contribution is -2.32. The van der Waals surface area contributed by atoms with E-state index >= 15 is 0 Å². The van der Waals surface area contributed by atoms with Crippen LogP contribution < -0.4 is 5.73 Å². The Balaban J connectivity index is 0.000000215. The second kappa shape index (κ2) is 13.0. The molecule has 2 saturated heterocycles. The van der Waals surface area contributed by atoms with Crippen LogP contribution in [0.15, 0.2) is 17.1 Å². The zero-order chi connectivity index (χ0) is 27.9. The Bertz CT molecular complexity index is 1130. The van der Waals surface area contributed by atoms with Crippen molar-refractivity contribution in [3.8, 4) is 0 Å². The third-order valence-corrected chi connectivity index (χ3v) is 8.82. The molecule has 0 radical (unpaired) electrons. The number of aliphatic imine (C=N–C) groups is 1. The van der Waals surface area contributed by atoms with Gasteiger partial charge >= 0.3 is 11.9 Å². The van der Waals surface area contributed by atoms with E-state index in [1.165, 1.54) is 36.9 Å². The smallest absolute Gasteiger partial charge is 0.350 e. The molecule has 2 aliphatic heterocycles. The zero-order valence-corrected chi connectivity index (χ0v) is 23.7. The number of thiophene rings is 2. The highest BCUT2D eigenvalue weighted by Crippen LogP contribution is 2.41. The Morgan fingerprint density at radius 1 is 0.921 bits per heavy atom. The first-order chi connectivity index (χ1) is 18.0. The van der Waals surface area contributed by atoms with Crippen LogP contribution in [0.3, 0.4) is 0 Å². The highest BCUT2D eigenvalue weighted by atomic mass is 32.1. The molecular weight excluding hydrogens is 534 g/mol. The summed E-state index contributed by atoms with van der Waals surface area (Å²) < 4.78 is 19.9. The number of hydrogen-bond donors (Lipinski definition) is 3. The fourth-order valence-corrected chi connectivity index (χ4v) is 6.23. The Morgan fingerprint density at radius 2 is 1.37 bits per heavy atom. The molecule has 0 spiro atoms. The van der Waals surface area contributed by atoms with Gasteiger partial charge in [-0.3, -0.25) is 0 Å². The summed E-state index contributed by atoms with van der Waals surface area (Å²) in [5, 5.41) is 21.2. The molecule has 0 atom stereocenters. The highest BCUT2D eigenvalue weighted by Gasteiger charge is 2.36. The molecule has 0 saturated carbocycles. The van der Waals surface area contributed by atoms with Crippen LogP contribution in [-0.2, 0) is 30.1 Å². The monoisotopic (exact) mass is 569 g/mol. The van der Waals surface area contributed by atoms with Crippen LogP contribution in [0.25, 0.3) is 0 Å².